The van der Waals surface area contributed by atoms with Gasteiger partial charge in [0, 0.05) is 31.7 Å². The quantitative estimate of drug-likeness (QED) is 0.392. The molecular weight excluding hydrogens is 452 g/mol. The highest BCUT2D eigenvalue weighted by Gasteiger charge is 2.46. The van der Waals surface area contributed by atoms with E-state index in [0.717, 1.165) is 20.5 Å². The number of rotatable bonds is 7. The third-order valence-electron chi connectivity index (χ3n) is 7.63. The van der Waals surface area contributed by atoms with Gasteiger partial charge in [-0.25, -0.2) is 9.59 Å². The lowest BCUT2D eigenvalue weighted by molar-refractivity contribution is -0.134. The molecule has 1 aromatic rings. The number of urea groups is 1. The average Bonchev–Trinajstić information content (AvgIpc) is 2.76. The second-order valence-corrected chi connectivity index (χ2v) is 10.9. The molecule has 0 radical (unpaired) electrons. The van der Waals surface area contributed by atoms with Crippen LogP contribution in [0.3, 0.4) is 0 Å². The van der Waals surface area contributed by atoms with Crippen LogP contribution in [0.15, 0.2) is 9.59 Å². The van der Waals surface area contributed by atoms with Gasteiger partial charge in [-0.3, -0.25) is 29.0 Å². The summed E-state index contributed by atoms with van der Waals surface area (Å²) in [6.07, 6.45) is 4.04. The van der Waals surface area contributed by atoms with Crippen molar-refractivity contribution < 1.29 is 14.7 Å². The number of hydrogen-bond donors (Lipinski definition) is 3. The Morgan fingerprint density at radius 3 is 2.29 bits per heavy atom. The molecular formula is C24H38N6O5. The van der Waals surface area contributed by atoms with Crippen molar-refractivity contribution in [3.05, 3.63) is 26.4 Å². The number of nitrogens with one attached hydrogen (secondary N) is 1. The number of carbonyl (C=O) groups excluding carboxylic acids is 2. The van der Waals surface area contributed by atoms with E-state index in [2.05, 4.69) is 6.92 Å². The number of nitrogens with zero attached hydrogens (tertiary/aromatic N) is 4. The maximum Gasteiger partial charge on any atom is 0.334 e. The third-order valence-corrected chi connectivity index (χ3v) is 7.63. The van der Waals surface area contributed by atoms with Crippen LogP contribution >= 0.6 is 0 Å². The van der Waals surface area contributed by atoms with Gasteiger partial charge in [-0.2, -0.15) is 0 Å². The van der Waals surface area contributed by atoms with Gasteiger partial charge in [0.05, 0.1) is 6.42 Å². The normalized spacial score (nSPS) is 24.7. The number of unbranched alkanes of at least 4 members (excludes halogenated alkanes) is 1. The van der Waals surface area contributed by atoms with Crippen LogP contribution in [-0.4, -0.2) is 60.9 Å². The molecule has 11 heteroatoms. The molecule has 1 aliphatic heterocycles. The Hall–Kier alpha value is -3.11. The summed E-state index contributed by atoms with van der Waals surface area (Å²) >= 11 is 0. The number of amidine groups is 1. The van der Waals surface area contributed by atoms with Crippen molar-refractivity contribution >= 4 is 17.8 Å². The number of nitrogen functional groups attached to an aromatic ring is 1. The summed E-state index contributed by atoms with van der Waals surface area (Å²) in [6.45, 7) is 8.51. The lowest BCUT2D eigenvalue weighted by Gasteiger charge is -2.49. The molecule has 35 heavy (non-hydrogen) atoms. The monoisotopic (exact) mass is 490 g/mol. The molecule has 3 amide bonds. The summed E-state index contributed by atoms with van der Waals surface area (Å²) in [5.41, 5.74) is 3.07. The van der Waals surface area contributed by atoms with Crippen LogP contribution in [0.25, 0.3) is 0 Å². The van der Waals surface area contributed by atoms with Crippen molar-refractivity contribution in [1.29, 1.82) is 5.41 Å². The molecule has 0 aromatic carbocycles. The van der Waals surface area contributed by atoms with Crippen LogP contribution in [0.2, 0.25) is 0 Å². The first-order chi connectivity index (χ1) is 16.2. The number of carbonyl (C=O) groups is 2. The van der Waals surface area contributed by atoms with Gasteiger partial charge in [-0.05, 0) is 51.4 Å². The molecule has 11 nitrogen and oxygen atoms in total. The van der Waals surface area contributed by atoms with E-state index in [0.29, 0.717) is 38.6 Å². The third kappa shape index (κ3) is 4.85. The van der Waals surface area contributed by atoms with E-state index in [-0.39, 0.29) is 35.9 Å². The number of aromatic nitrogens is 2. The Morgan fingerprint density at radius 1 is 1.14 bits per heavy atom. The Balaban J connectivity index is 1.88. The van der Waals surface area contributed by atoms with Gasteiger partial charge < -0.3 is 15.7 Å². The summed E-state index contributed by atoms with van der Waals surface area (Å²) in [4.78, 5) is 54.3. The van der Waals surface area contributed by atoms with Crippen molar-refractivity contribution in [1.82, 2.24) is 18.9 Å². The first-order valence-corrected chi connectivity index (χ1v) is 12.2. The van der Waals surface area contributed by atoms with Gasteiger partial charge in [0.2, 0.25) is 11.8 Å². The highest BCUT2D eigenvalue weighted by atomic mass is 16.3. The Labute approximate surface area is 205 Å². The van der Waals surface area contributed by atoms with E-state index in [1.807, 2.05) is 20.8 Å². The van der Waals surface area contributed by atoms with E-state index in [4.69, 9.17) is 11.1 Å². The Morgan fingerprint density at radius 2 is 1.74 bits per heavy atom. The summed E-state index contributed by atoms with van der Waals surface area (Å²) in [5.74, 6) is -1.32. The highest BCUT2D eigenvalue weighted by Crippen LogP contribution is 2.42. The lowest BCUT2D eigenvalue weighted by atomic mass is 9.72. The Kier molecular flexibility index (Phi) is 7.19. The predicted octanol–water partition coefficient (Wildman–Crippen LogP) is 1.98. The Bertz CT molecular complexity index is 1140. The second kappa shape index (κ2) is 9.50. The summed E-state index contributed by atoms with van der Waals surface area (Å²) < 4.78 is 2.28. The summed E-state index contributed by atoms with van der Waals surface area (Å²) in [6, 6.07) is -0.710. The zero-order valence-electron chi connectivity index (χ0n) is 21.4. The van der Waals surface area contributed by atoms with E-state index < -0.39 is 34.5 Å². The number of hydrogen-bond acceptors (Lipinski definition) is 6. The summed E-state index contributed by atoms with van der Waals surface area (Å²) in [7, 11) is 1.50. The van der Waals surface area contributed by atoms with Crippen LogP contribution in [-0.2, 0) is 11.3 Å². The minimum Gasteiger partial charge on any atom is -0.494 e. The largest absolute Gasteiger partial charge is 0.494 e. The average molecular weight is 491 g/mol. The zero-order valence-corrected chi connectivity index (χ0v) is 21.4. The first-order valence-electron chi connectivity index (χ1n) is 12.2. The SMILES string of the molecule is CCCCn1c(O)c(C(=N)N)c(=O)n(C2CCC(C)(CN3C(=O)N(C)C(=O)CC3(C)C)CC2)c1=O. The smallest absolute Gasteiger partial charge is 0.334 e. The van der Waals surface area contributed by atoms with Crippen molar-refractivity contribution in [3.63, 3.8) is 0 Å². The molecule has 2 heterocycles. The molecule has 0 bridgehead atoms. The second-order valence-electron chi connectivity index (χ2n) is 10.9. The van der Waals surface area contributed by atoms with E-state index in [1.165, 1.54) is 7.05 Å². The molecule has 1 saturated heterocycles. The standard InChI is InChI=1S/C24H38N6O5/c1-6-7-12-28-19(32)17(18(25)26)20(33)30(22(28)35)15-8-10-24(4,11-9-15)14-29-21(34)27(5)16(31)13-23(29,2)3/h15,32H,6-14H2,1-5H3,(H3,25,26). The van der Waals surface area contributed by atoms with Crippen molar-refractivity contribution in [2.24, 2.45) is 11.1 Å². The van der Waals surface area contributed by atoms with Crippen LogP contribution < -0.4 is 17.0 Å². The number of amides is 3. The molecule has 0 atom stereocenters. The maximum atomic E-state index is 13.2. The van der Waals surface area contributed by atoms with Crippen LogP contribution in [0.1, 0.15) is 84.2 Å². The molecule has 1 aliphatic carbocycles. The lowest BCUT2D eigenvalue weighted by Crippen LogP contribution is -2.62. The maximum absolute atomic E-state index is 13.2. The highest BCUT2D eigenvalue weighted by molar-refractivity contribution is 5.97. The minimum absolute atomic E-state index is 0.197. The van der Waals surface area contributed by atoms with Crippen molar-refractivity contribution in [2.75, 3.05) is 13.6 Å². The van der Waals surface area contributed by atoms with Gasteiger partial charge >= 0.3 is 11.7 Å². The molecule has 0 spiro atoms. The van der Waals surface area contributed by atoms with Crippen LogP contribution in [0.5, 0.6) is 5.88 Å². The molecule has 1 aromatic heterocycles. The van der Waals surface area contributed by atoms with E-state index in [9.17, 15) is 24.3 Å². The fourth-order valence-corrected chi connectivity index (χ4v) is 5.24. The van der Waals surface area contributed by atoms with Gasteiger partial charge in [0.15, 0.2) is 0 Å². The molecule has 4 N–H and O–H groups in total. The first kappa shape index (κ1) is 26.5. The molecule has 2 aliphatic rings. The van der Waals surface area contributed by atoms with Crippen molar-refractivity contribution in [2.45, 2.75) is 90.8 Å². The topological polar surface area (TPSA) is 155 Å². The molecule has 194 valence electrons. The predicted molar refractivity (Wildman–Crippen MR) is 132 cm³/mol. The number of aromatic hydroxyl groups is 1. The van der Waals surface area contributed by atoms with E-state index in [1.54, 1.807) is 4.90 Å². The van der Waals surface area contributed by atoms with Gasteiger partial charge in [-0.1, -0.05) is 20.3 Å². The molecule has 0 unspecified atom stereocenters. The fraction of sp³-hybridized carbons (Fsp3) is 0.708. The molecule has 3 rings (SSSR count). The van der Waals surface area contributed by atoms with Crippen LogP contribution in [0.4, 0.5) is 4.79 Å². The molecule has 2 fully saturated rings. The zero-order chi connectivity index (χ0) is 26.3. The molecule has 1 saturated carbocycles. The summed E-state index contributed by atoms with van der Waals surface area (Å²) in [5, 5.41) is 18.3. The number of imide groups is 1. The van der Waals surface area contributed by atoms with Gasteiger partial charge in [-0.15, -0.1) is 0 Å². The van der Waals surface area contributed by atoms with E-state index >= 15 is 0 Å². The fourth-order valence-electron chi connectivity index (χ4n) is 5.24. The van der Waals surface area contributed by atoms with Crippen molar-refractivity contribution in [3.8, 4) is 5.88 Å². The minimum atomic E-state index is -0.742. The van der Waals surface area contributed by atoms with Crippen LogP contribution in [0, 0.1) is 10.8 Å². The van der Waals surface area contributed by atoms with Gasteiger partial charge in [0.1, 0.15) is 11.4 Å². The number of nitrogens with two attached hydrogens (primary N) is 1. The van der Waals surface area contributed by atoms with Gasteiger partial charge in [0.25, 0.3) is 5.56 Å².